The highest BCUT2D eigenvalue weighted by molar-refractivity contribution is 5.64. The average Bonchev–Trinajstić information content (AvgIpc) is 2.10. The first kappa shape index (κ1) is 11.8. The number of amides is 1. The third-order valence-corrected chi connectivity index (χ3v) is 1.53. The molecule has 4 nitrogen and oxygen atoms in total. The Morgan fingerprint density at radius 3 is 2.92 bits per heavy atom. The molecule has 74 valence electrons. The van der Waals surface area contributed by atoms with Crippen LogP contribution in [0.5, 0.6) is 0 Å². The van der Waals surface area contributed by atoms with E-state index in [0.717, 1.165) is 6.42 Å². The molecule has 13 heavy (non-hydrogen) atoms. The lowest BCUT2D eigenvalue weighted by molar-refractivity contribution is 0.0561. The van der Waals surface area contributed by atoms with Crippen LogP contribution in [0.4, 0.5) is 4.79 Å². The molecule has 1 atom stereocenters. The number of terminal acetylenes is 1. The molecule has 0 saturated heterocycles. The van der Waals surface area contributed by atoms with E-state index in [1.807, 2.05) is 6.92 Å². The fourth-order valence-electron chi connectivity index (χ4n) is 0.836. The van der Waals surface area contributed by atoms with E-state index >= 15 is 0 Å². The van der Waals surface area contributed by atoms with Crippen molar-refractivity contribution >= 4 is 6.09 Å². The lowest BCUT2D eigenvalue weighted by Crippen LogP contribution is -2.27. The molecule has 0 aliphatic carbocycles. The minimum atomic E-state index is -1.03. The highest BCUT2D eigenvalue weighted by Gasteiger charge is 2.03. The third kappa shape index (κ3) is 7.16. The van der Waals surface area contributed by atoms with Crippen LogP contribution in [0, 0.1) is 12.3 Å². The normalized spacial score (nSPS) is 11.7. The number of hydrogen-bond donors (Lipinski definition) is 2. The summed E-state index contributed by atoms with van der Waals surface area (Å²) in [5.74, 6) is 2.51. The predicted molar refractivity (Wildman–Crippen MR) is 49.5 cm³/mol. The Kier molecular flexibility index (Phi) is 6.75. The van der Waals surface area contributed by atoms with Crippen LogP contribution in [0.1, 0.15) is 19.8 Å². The van der Waals surface area contributed by atoms with Gasteiger partial charge in [0, 0.05) is 13.0 Å². The van der Waals surface area contributed by atoms with E-state index in [0.29, 0.717) is 19.6 Å². The highest BCUT2D eigenvalue weighted by atomic mass is 16.5. The number of carbonyl (C=O) groups is 1. The van der Waals surface area contributed by atoms with E-state index < -0.39 is 6.09 Å². The highest BCUT2D eigenvalue weighted by Crippen LogP contribution is 2.01. The van der Waals surface area contributed by atoms with Crippen molar-refractivity contribution < 1.29 is 14.6 Å². The SMILES string of the molecule is C#CCC(CC)OCCNC(=O)O. The van der Waals surface area contributed by atoms with Gasteiger partial charge in [-0.15, -0.1) is 12.3 Å². The van der Waals surface area contributed by atoms with Crippen molar-refractivity contribution in [1.82, 2.24) is 5.32 Å². The summed E-state index contributed by atoms with van der Waals surface area (Å²) in [5.41, 5.74) is 0. The zero-order valence-electron chi connectivity index (χ0n) is 7.75. The van der Waals surface area contributed by atoms with Gasteiger partial charge in [-0.05, 0) is 6.42 Å². The Hall–Kier alpha value is -1.21. The van der Waals surface area contributed by atoms with Crippen molar-refractivity contribution in [2.75, 3.05) is 13.2 Å². The van der Waals surface area contributed by atoms with Crippen LogP contribution in [-0.2, 0) is 4.74 Å². The molecule has 0 saturated carbocycles. The van der Waals surface area contributed by atoms with Crippen LogP contribution in [0.25, 0.3) is 0 Å². The van der Waals surface area contributed by atoms with Gasteiger partial charge >= 0.3 is 6.09 Å². The number of rotatable bonds is 6. The lowest BCUT2D eigenvalue weighted by atomic mass is 10.2. The molecule has 4 heteroatoms. The first-order chi connectivity index (χ1) is 6.20. The maximum Gasteiger partial charge on any atom is 0.404 e. The zero-order valence-corrected chi connectivity index (χ0v) is 7.75. The summed E-state index contributed by atoms with van der Waals surface area (Å²) >= 11 is 0. The van der Waals surface area contributed by atoms with E-state index in [2.05, 4.69) is 11.2 Å². The minimum absolute atomic E-state index is 0.0422. The number of carboxylic acid groups (broad SMARTS) is 1. The Balaban J connectivity index is 3.39. The van der Waals surface area contributed by atoms with Gasteiger partial charge in [-0.25, -0.2) is 4.79 Å². The van der Waals surface area contributed by atoms with Crippen molar-refractivity contribution in [2.24, 2.45) is 0 Å². The first-order valence-corrected chi connectivity index (χ1v) is 4.22. The van der Waals surface area contributed by atoms with E-state index in [4.69, 9.17) is 16.3 Å². The molecule has 0 fully saturated rings. The average molecular weight is 185 g/mol. The molecule has 0 aliphatic rings. The van der Waals surface area contributed by atoms with Crippen molar-refractivity contribution in [3.63, 3.8) is 0 Å². The van der Waals surface area contributed by atoms with Gasteiger partial charge in [0.05, 0.1) is 12.7 Å². The summed E-state index contributed by atoms with van der Waals surface area (Å²) in [4.78, 5) is 10.0. The van der Waals surface area contributed by atoms with Crippen molar-refractivity contribution in [2.45, 2.75) is 25.9 Å². The van der Waals surface area contributed by atoms with Gasteiger partial charge in [-0.1, -0.05) is 6.92 Å². The van der Waals surface area contributed by atoms with E-state index in [-0.39, 0.29) is 6.10 Å². The zero-order chi connectivity index (χ0) is 10.1. The van der Waals surface area contributed by atoms with Crippen LogP contribution < -0.4 is 5.32 Å². The standard InChI is InChI=1S/C9H15NO3/c1-3-5-8(4-2)13-7-6-10-9(11)12/h1,8,10H,4-7H2,2H3,(H,11,12). The van der Waals surface area contributed by atoms with Gasteiger partial charge in [0.25, 0.3) is 0 Å². The summed E-state index contributed by atoms with van der Waals surface area (Å²) in [6.07, 6.45) is 5.54. The molecular weight excluding hydrogens is 170 g/mol. The molecule has 0 aromatic heterocycles. The molecule has 0 bridgehead atoms. The number of ether oxygens (including phenoxy) is 1. The molecule has 1 amide bonds. The molecular formula is C9H15NO3. The van der Waals surface area contributed by atoms with Crippen LogP contribution in [0.2, 0.25) is 0 Å². The number of hydrogen-bond acceptors (Lipinski definition) is 2. The van der Waals surface area contributed by atoms with Crippen LogP contribution >= 0.6 is 0 Å². The Morgan fingerprint density at radius 2 is 2.46 bits per heavy atom. The Bertz CT molecular complexity index is 186. The molecule has 0 rings (SSSR count). The quantitative estimate of drug-likeness (QED) is 0.480. The second-order valence-electron chi connectivity index (χ2n) is 2.54. The Morgan fingerprint density at radius 1 is 1.77 bits per heavy atom. The lowest BCUT2D eigenvalue weighted by Gasteiger charge is -2.12. The molecule has 0 heterocycles. The van der Waals surface area contributed by atoms with Gasteiger partial charge in [-0.2, -0.15) is 0 Å². The topological polar surface area (TPSA) is 58.6 Å². The third-order valence-electron chi connectivity index (χ3n) is 1.53. The monoisotopic (exact) mass is 185 g/mol. The van der Waals surface area contributed by atoms with Gasteiger partial charge in [0.15, 0.2) is 0 Å². The van der Waals surface area contributed by atoms with Crippen LogP contribution in [0.15, 0.2) is 0 Å². The van der Waals surface area contributed by atoms with Crippen LogP contribution in [0.3, 0.4) is 0 Å². The molecule has 0 spiro atoms. The second kappa shape index (κ2) is 7.44. The first-order valence-electron chi connectivity index (χ1n) is 4.22. The van der Waals surface area contributed by atoms with Crippen molar-refractivity contribution in [3.8, 4) is 12.3 Å². The molecule has 2 N–H and O–H groups in total. The fourth-order valence-corrected chi connectivity index (χ4v) is 0.836. The molecule has 0 radical (unpaired) electrons. The molecule has 0 aromatic rings. The van der Waals surface area contributed by atoms with E-state index in [1.54, 1.807) is 0 Å². The largest absolute Gasteiger partial charge is 0.465 e. The summed E-state index contributed by atoms with van der Waals surface area (Å²) in [6, 6.07) is 0. The molecule has 0 aromatic carbocycles. The molecule has 1 unspecified atom stereocenters. The second-order valence-corrected chi connectivity index (χ2v) is 2.54. The maximum atomic E-state index is 10.0. The van der Waals surface area contributed by atoms with E-state index in [1.165, 1.54) is 0 Å². The smallest absolute Gasteiger partial charge is 0.404 e. The van der Waals surface area contributed by atoms with Gasteiger partial charge in [0.1, 0.15) is 0 Å². The summed E-state index contributed by atoms with van der Waals surface area (Å²) in [6.45, 7) is 2.65. The van der Waals surface area contributed by atoms with E-state index in [9.17, 15) is 4.79 Å². The van der Waals surface area contributed by atoms with Crippen LogP contribution in [-0.4, -0.2) is 30.5 Å². The molecule has 0 aliphatic heterocycles. The summed E-state index contributed by atoms with van der Waals surface area (Å²) in [7, 11) is 0. The van der Waals surface area contributed by atoms with Gasteiger partial charge < -0.3 is 15.2 Å². The predicted octanol–water partition coefficient (Wildman–Crippen LogP) is 1.07. The van der Waals surface area contributed by atoms with Gasteiger partial charge in [-0.3, -0.25) is 0 Å². The van der Waals surface area contributed by atoms with Gasteiger partial charge in [0.2, 0.25) is 0 Å². The summed E-state index contributed by atoms with van der Waals surface area (Å²) < 4.78 is 5.31. The fraction of sp³-hybridized carbons (Fsp3) is 0.667. The van der Waals surface area contributed by atoms with Crippen molar-refractivity contribution in [1.29, 1.82) is 0 Å². The minimum Gasteiger partial charge on any atom is -0.465 e. The maximum absolute atomic E-state index is 10.0. The van der Waals surface area contributed by atoms with Crippen molar-refractivity contribution in [3.05, 3.63) is 0 Å². The Labute approximate surface area is 78.3 Å². The summed E-state index contributed by atoms with van der Waals surface area (Å²) in [5, 5.41) is 10.4. The number of nitrogens with one attached hydrogen (secondary N) is 1.